The SMILES string of the molecule is CNC1CCN(C(=O)NC2CCC2)C1. The molecule has 1 aliphatic carbocycles. The normalized spacial score (nSPS) is 27.5. The van der Waals surface area contributed by atoms with Crippen LogP contribution < -0.4 is 10.6 Å². The quantitative estimate of drug-likeness (QED) is 0.678. The number of nitrogens with one attached hydrogen (secondary N) is 2. The van der Waals surface area contributed by atoms with Gasteiger partial charge in [-0.3, -0.25) is 0 Å². The fraction of sp³-hybridized carbons (Fsp3) is 0.900. The summed E-state index contributed by atoms with van der Waals surface area (Å²) in [5.41, 5.74) is 0. The minimum absolute atomic E-state index is 0.132. The van der Waals surface area contributed by atoms with Crippen molar-refractivity contribution in [2.75, 3.05) is 20.1 Å². The van der Waals surface area contributed by atoms with Gasteiger partial charge in [0, 0.05) is 25.2 Å². The molecule has 2 rings (SSSR count). The lowest BCUT2D eigenvalue weighted by atomic mass is 9.93. The van der Waals surface area contributed by atoms with Crippen molar-refractivity contribution < 1.29 is 4.79 Å². The van der Waals surface area contributed by atoms with Crippen LogP contribution in [0.1, 0.15) is 25.7 Å². The summed E-state index contributed by atoms with van der Waals surface area (Å²) >= 11 is 0. The minimum Gasteiger partial charge on any atom is -0.335 e. The van der Waals surface area contributed by atoms with Crippen molar-refractivity contribution in [3.63, 3.8) is 0 Å². The number of hydrogen-bond acceptors (Lipinski definition) is 2. The van der Waals surface area contributed by atoms with Gasteiger partial charge < -0.3 is 15.5 Å². The largest absolute Gasteiger partial charge is 0.335 e. The molecule has 0 aromatic carbocycles. The Bertz CT molecular complexity index is 215. The predicted octanol–water partition coefficient (Wildman–Crippen LogP) is 0.542. The second-order valence-corrected chi connectivity index (χ2v) is 4.30. The molecule has 2 amide bonds. The second kappa shape index (κ2) is 4.17. The Balaban J connectivity index is 1.74. The monoisotopic (exact) mass is 197 g/mol. The molecule has 1 aliphatic heterocycles. The van der Waals surface area contributed by atoms with Gasteiger partial charge in [0.05, 0.1) is 0 Å². The summed E-state index contributed by atoms with van der Waals surface area (Å²) < 4.78 is 0. The maximum absolute atomic E-state index is 11.7. The molecule has 4 heteroatoms. The van der Waals surface area contributed by atoms with Gasteiger partial charge in [0.25, 0.3) is 0 Å². The van der Waals surface area contributed by atoms with Gasteiger partial charge in [-0.15, -0.1) is 0 Å². The zero-order chi connectivity index (χ0) is 9.97. The van der Waals surface area contributed by atoms with E-state index in [1.165, 1.54) is 6.42 Å². The average molecular weight is 197 g/mol. The fourth-order valence-corrected chi connectivity index (χ4v) is 2.00. The molecule has 2 N–H and O–H groups in total. The van der Waals surface area contributed by atoms with Crippen molar-refractivity contribution in [2.45, 2.75) is 37.8 Å². The number of nitrogens with zero attached hydrogens (tertiary/aromatic N) is 1. The molecular weight excluding hydrogens is 178 g/mol. The molecule has 1 saturated heterocycles. The number of carbonyl (C=O) groups excluding carboxylic acids is 1. The summed E-state index contributed by atoms with van der Waals surface area (Å²) in [5, 5.41) is 6.27. The first kappa shape index (κ1) is 9.77. The zero-order valence-corrected chi connectivity index (χ0v) is 8.75. The summed E-state index contributed by atoms with van der Waals surface area (Å²) in [6.07, 6.45) is 4.67. The molecule has 0 aromatic heterocycles. The standard InChI is InChI=1S/C10H19N3O/c1-11-9-5-6-13(7-9)10(14)12-8-3-2-4-8/h8-9,11H,2-7H2,1H3,(H,12,14). The third-order valence-corrected chi connectivity index (χ3v) is 3.32. The van der Waals surface area contributed by atoms with E-state index in [2.05, 4.69) is 10.6 Å². The van der Waals surface area contributed by atoms with E-state index in [1.54, 1.807) is 0 Å². The molecule has 0 radical (unpaired) electrons. The lowest BCUT2D eigenvalue weighted by Crippen LogP contribution is -2.47. The van der Waals surface area contributed by atoms with Crippen LogP contribution >= 0.6 is 0 Å². The second-order valence-electron chi connectivity index (χ2n) is 4.30. The molecule has 1 saturated carbocycles. The van der Waals surface area contributed by atoms with Crippen LogP contribution in [0.2, 0.25) is 0 Å². The molecule has 1 unspecified atom stereocenters. The van der Waals surface area contributed by atoms with Gasteiger partial charge in [-0.25, -0.2) is 4.79 Å². The van der Waals surface area contributed by atoms with Crippen LogP contribution in [0.5, 0.6) is 0 Å². The maximum Gasteiger partial charge on any atom is 0.317 e. The van der Waals surface area contributed by atoms with E-state index in [1.807, 2.05) is 11.9 Å². The fourth-order valence-electron chi connectivity index (χ4n) is 2.00. The van der Waals surface area contributed by atoms with Crippen molar-refractivity contribution in [2.24, 2.45) is 0 Å². The van der Waals surface area contributed by atoms with Gasteiger partial charge in [-0.2, -0.15) is 0 Å². The summed E-state index contributed by atoms with van der Waals surface area (Å²) in [6, 6.07) is 1.07. The molecule has 14 heavy (non-hydrogen) atoms. The van der Waals surface area contributed by atoms with Gasteiger partial charge in [0.15, 0.2) is 0 Å². The van der Waals surface area contributed by atoms with Gasteiger partial charge in [-0.05, 0) is 32.7 Å². The summed E-state index contributed by atoms with van der Waals surface area (Å²) in [4.78, 5) is 13.6. The van der Waals surface area contributed by atoms with Crippen LogP contribution in [0.4, 0.5) is 4.79 Å². The van der Waals surface area contributed by atoms with E-state index in [-0.39, 0.29) is 6.03 Å². The van der Waals surface area contributed by atoms with Crippen molar-refractivity contribution in [3.8, 4) is 0 Å². The van der Waals surface area contributed by atoms with Crippen molar-refractivity contribution >= 4 is 6.03 Å². The van der Waals surface area contributed by atoms with Crippen LogP contribution in [-0.4, -0.2) is 43.2 Å². The Hall–Kier alpha value is -0.770. The van der Waals surface area contributed by atoms with Gasteiger partial charge >= 0.3 is 6.03 Å². The molecule has 0 spiro atoms. The number of rotatable bonds is 2. The zero-order valence-electron chi connectivity index (χ0n) is 8.75. The first-order valence-corrected chi connectivity index (χ1v) is 5.52. The lowest BCUT2D eigenvalue weighted by Gasteiger charge is -2.29. The van der Waals surface area contributed by atoms with E-state index in [0.29, 0.717) is 12.1 Å². The van der Waals surface area contributed by atoms with E-state index in [4.69, 9.17) is 0 Å². The highest BCUT2D eigenvalue weighted by Crippen LogP contribution is 2.19. The third kappa shape index (κ3) is 2.00. The van der Waals surface area contributed by atoms with E-state index < -0.39 is 0 Å². The molecule has 1 atom stereocenters. The topological polar surface area (TPSA) is 44.4 Å². The van der Waals surface area contributed by atoms with Crippen molar-refractivity contribution in [1.82, 2.24) is 15.5 Å². The Morgan fingerprint density at radius 3 is 2.57 bits per heavy atom. The highest BCUT2D eigenvalue weighted by atomic mass is 16.2. The molecule has 0 aromatic rings. The summed E-state index contributed by atoms with van der Waals surface area (Å²) in [7, 11) is 1.96. The first-order valence-electron chi connectivity index (χ1n) is 5.52. The molecule has 1 heterocycles. The molecule has 80 valence electrons. The molecule has 4 nitrogen and oxygen atoms in total. The maximum atomic E-state index is 11.7. The average Bonchev–Trinajstić information content (AvgIpc) is 2.59. The molecule has 0 bridgehead atoms. The number of carbonyl (C=O) groups is 1. The summed E-state index contributed by atoms with van der Waals surface area (Å²) in [5.74, 6) is 0. The molecule has 2 fully saturated rings. The van der Waals surface area contributed by atoms with Crippen LogP contribution in [0.3, 0.4) is 0 Å². The van der Waals surface area contributed by atoms with Gasteiger partial charge in [0.2, 0.25) is 0 Å². The number of likely N-dealkylation sites (tertiary alicyclic amines) is 1. The Kier molecular flexibility index (Phi) is 2.91. The first-order chi connectivity index (χ1) is 6.79. The molecular formula is C10H19N3O. The smallest absolute Gasteiger partial charge is 0.317 e. The van der Waals surface area contributed by atoms with Crippen LogP contribution in [-0.2, 0) is 0 Å². The van der Waals surface area contributed by atoms with Crippen molar-refractivity contribution in [1.29, 1.82) is 0 Å². The number of hydrogen-bond donors (Lipinski definition) is 2. The van der Waals surface area contributed by atoms with Gasteiger partial charge in [0.1, 0.15) is 0 Å². The number of amides is 2. The molecule has 2 aliphatic rings. The van der Waals surface area contributed by atoms with E-state index >= 15 is 0 Å². The number of urea groups is 1. The highest BCUT2D eigenvalue weighted by molar-refractivity contribution is 5.75. The number of likely N-dealkylation sites (N-methyl/N-ethyl adjacent to an activating group) is 1. The Morgan fingerprint density at radius 2 is 2.07 bits per heavy atom. The van der Waals surface area contributed by atoms with E-state index in [0.717, 1.165) is 32.4 Å². The van der Waals surface area contributed by atoms with Gasteiger partial charge in [-0.1, -0.05) is 0 Å². The predicted molar refractivity (Wildman–Crippen MR) is 55.2 cm³/mol. The van der Waals surface area contributed by atoms with Crippen LogP contribution in [0.15, 0.2) is 0 Å². The Morgan fingerprint density at radius 1 is 1.29 bits per heavy atom. The van der Waals surface area contributed by atoms with Crippen LogP contribution in [0, 0.1) is 0 Å². The highest BCUT2D eigenvalue weighted by Gasteiger charge is 2.27. The Labute approximate surface area is 85.0 Å². The lowest BCUT2D eigenvalue weighted by molar-refractivity contribution is 0.195. The van der Waals surface area contributed by atoms with Crippen molar-refractivity contribution in [3.05, 3.63) is 0 Å². The van der Waals surface area contributed by atoms with Crippen LogP contribution in [0.25, 0.3) is 0 Å². The van der Waals surface area contributed by atoms with E-state index in [9.17, 15) is 4.79 Å². The minimum atomic E-state index is 0.132. The summed E-state index contributed by atoms with van der Waals surface area (Å²) in [6.45, 7) is 1.75. The third-order valence-electron chi connectivity index (χ3n) is 3.32.